The maximum atomic E-state index is 12.0. The summed E-state index contributed by atoms with van der Waals surface area (Å²) in [5.74, 6) is -0.539. The molecule has 0 unspecified atom stereocenters. The van der Waals surface area contributed by atoms with Crippen LogP contribution in [0, 0.1) is 0 Å². The Labute approximate surface area is 107 Å². The zero-order valence-corrected chi connectivity index (χ0v) is 9.98. The Balaban J connectivity index is 1.79. The van der Waals surface area contributed by atoms with Gasteiger partial charge in [-0.2, -0.15) is 0 Å². The van der Waals surface area contributed by atoms with E-state index in [1.807, 2.05) is 0 Å². The Kier molecular flexibility index (Phi) is 2.57. The fraction of sp³-hybridized carbons (Fsp3) is 0.182. The number of aromatic nitrogens is 4. The number of hydrogen-bond acceptors (Lipinski definition) is 6. The largest absolute Gasteiger partial charge is 0.285 e. The van der Waals surface area contributed by atoms with E-state index in [0.717, 1.165) is 5.06 Å². The van der Waals surface area contributed by atoms with Gasteiger partial charge < -0.3 is 0 Å². The molecule has 8 heteroatoms. The average Bonchev–Trinajstić information content (AvgIpc) is 2.93. The number of amides is 2. The van der Waals surface area contributed by atoms with E-state index >= 15 is 0 Å². The lowest BCUT2D eigenvalue weighted by molar-refractivity contribution is -0.103. The van der Waals surface area contributed by atoms with Gasteiger partial charge in [0.15, 0.2) is 5.82 Å². The van der Waals surface area contributed by atoms with Crippen molar-refractivity contribution in [1.29, 1.82) is 0 Å². The topological polar surface area (TPSA) is 90.2 Å². The van der Waals surface area contributed by atoms with Gasteiger partial charge in [-0.25, -0.2) is 4.68 Å². The van der Waals surface area contributed by atoms with Crippen LogP contribution in [-0.2, 0) is 18.5 Å². The van der Waals surface area contributed by atoms with Crippen LogP contribution < -0.4 is 0 Å². The summed E-state index contributed by atoms with van der Waals surface area (Å²) in [6.07, 6.45) is 0. The summed E-state index contributed by atoms with van der Waals surface area (Å²) in [5.41, 5.74) is 0.673. The predicted octanol–water partition coefficient (Wildman–Crippen LogP) is -0.0621. The fourth-order valence-electron chi connectivity index (χ4n) is 1.78. The summed E-state index contributed by atoms with van der Waals surface area (Å²) in [6, 6.07) is 6.56. The molecule has 19 heavy (non-hydrogen) atoms. The van der Waals surface area contributed by atoms with Gasteiger partial charge in [0.2, 0.25) is 0 Å². The molecule has 8 nitrogen and oxygen atoms in total. The van der Waals surface area contributed by atoms with Gasteiger partial charge in [-0.1, -0.05) is 12.1 Å². The number of carbonyl (C=O) groups is 2. The third-order valence-electron chi connectivity index (χ3n) is 2.79. The first-order chi connectivity index (χ1) is 9.18. The minimum Gasteiger partial charge on any atom is -0.266 e. The van der Waals surface area contributed by atoms with Gasteiger partial charge in [-0.15, -0.1) is 10.2 Å². The molecule has 0 fully saturated rings. The first kappa shape index (κ1) is 11.5. The third-order valence-corrected chi connectivity index (χ3v) is 2.79. The van der Waals surface area contributed by atoms with E-state index in [1.54, 1.807) is 31.3 Å². The van der Waals surface area contributed by atoms with Crippen LogP contribution in [0.5, 0.6) is 0 Å². The van der Waals surface area contributed by atoms with Gasteiger partial charge >= 0.3 is 0 Å². The van der Waals surface area contributed by atoms with Gasteiger partial charge in [-0.3, -0.25) is 14.4 Å². The molecule has 2 heterocycles. The average molecular weight is 259 g/mol. The SMILES string of the molecule is Cn1nnnc1CON1C(=O)c2ccccc2C1=O. The molecule has 0 radical (unpaired) electrons. The zero-order valence-electron chi connectivity index (χ0n) is 9.98. The molecule has 0 atom stereocenters. The standard InChI is InChI=1S/C11H9N5O3/c1-15-9(12-13-14-15)6-19-16-10(17)7-4-2-3-5-8(7)11(16)18/h2-5H,6H2,1H3. The van der Waals surface area contributed by atoms with Crippen LogP contribution in [0.25, 0.3) is 0 Å². The second kappa shape index (κ2) is 4.25. The van der Waals surface area contributed by atoms with Crippen molar-refractivity contribution in [3.05, 3.63) is 41.2 Å². The number of imide groups is 1. The Bertz CT molecular complexity index is 631. The highest BCUT2D eigenvalue weighted by Crippen LogP contribution is 2.22. The lowest BCUT2D eigenvalue weighted by Crippen LogP contribution is -2.30. The van der Waals surface area contributed by atoms with Crippen LogP contribution in [0.15, 0.2) is 24.3 Å². The molecule has 3 rings (SSSR count). The molecule has 1 aromatic heterocycles. The van der Waals surface area contributed by atoms with Gasteiger partial charge in [0.25, 0.3) is 11.8 Å². The molecule has 1 aromatic carbocycles. The number of tetrazole rings is 1. The van der Waals surface area contributed by atoms with E-state index in [9.17, 15) is 9.59 Å². The van der Waals surface area contributed by atoms with Crippen LogP contribution in [0.2, 0.25) is 0 Å². The monoisotopic (exact) mass is 259 g/mol. The molecule has 0 N–H and O–H groups in total. The van der Waals surface area contributed by atoms with E-state index in [4.69, 9.17) is 4.84 Å². The Hall–Kier alpha value is -2.61. The number of hydroxylamine groups is 2. The lowest BCUT2D eigenvalue weighted by atomic mass is 10.1. The van der Waals surface area contributed by atoms with Gasteiger partial charge in [0.05, 0.1) is 11.1 Å². The summed E-state index contributed by atoms with van der Waals surface area (Å²) in [5, 5.41) is 11.5. The smallest absolute Gasteiger partial charge is 0.266 e. The quantitative estimate of drug-likeness (QED) is 0.717. The highest BCUT2D eigenvalue weighted by molar-refractivity contribution is 6.20. The van der Waals surface area contributed by atoms with E-state index in [-0.39, 0.29) is 6.61 Å². The number of fused-ring (bicyclic) bond motifs is 1. The summed E-state index contributed by atoms with van der Waals surface area (Å²) in [7, 11) is 1.64. The summed E-state index contributed by atoms with van der Waals surface area (Å²) in [6.45, 7) is -0.0605. The van der Waals surface area contributed by atoms with Crippen LogP contribution in [0.1, 0.15) is 26.5 Å². The molecular weight excluding hydrogens is 250 g/mol. The molecule has 0 aliphatic carbocycles. The van der Waals surface area contributed by atoms with Crippen LogP contribution in [-0.4, -0.2) is 37.1 Å². The molecule has 0 saturated carbocycles. The highest BCUT2D eigenvalue weighted by Gasteiger charge is 2.36. The zero-order chi connectivity index (χ0) is 13.4. The molecule has 0 bridgehead atoms. The predicted molar refractivity (Wildman–Crippen MR) is 60.5 cm³/mol. The van der Waals surface area contributed by atoms with Crippen molar-refractivity contribution in [3.63, 3.8) is 0 Å². The molecule has 0 saturated heterocycles. The molecule has 2 aromatic rings. The number of benzene rings is 1. The summed E-state index contributed by atoms with van der Waals surface area (Å²) in [4.78, 5) is 29.2. The lowest BCUT2D eigenvalue weighted by Gasteiger charge is -2.12. The van der Waals surface area contributed by atoms with Crippen molar-refractivity contribution in [2.45, 2.75) is 6.61 Å². The normalized spacial score (nSPS) is 14.1. The maximum absolute atomic E-state index is 12.0. The maximum Gasteiger partial charge on any atom is 0.285 e. The van der Waals surface area contributed by atoms with Crippen LogP contribution >= 0.6 is 0 Å². The van der Waals surface area contributed by atoms with Gasteiger partial charge in [-0.05, 0) is 22.6 Å². The van der Waals surface area contributed by atoms with Gasteiger partial charge in [0, 0.05) is 7.05 Å². The van der Waals surface area contributed by atoms with Crippen molar-refractivity contribution < 1.29 is 14.4 Å². The van der Waals surface area contributed by atoms with E-state index in [2.05, 4.69) is 15.5 Å². The number of rotatable bonds is 3. The number of nitrogens with zero attached hydrogens (tertiary/aromatic N) is 5. The second-order valence-electron chi connectivity index (χ2n) is 3.94. The van der Waals surface area contributed by atoms with Crippen molar-refractivity contribution in [1.82, 2.24) is 25.3 Å². The van der Waals surface area contributed by atoms with E-state index < -0.39 is 11.8 Å². The van der Waals surface area contributed by atoms with Crippen LogP contribution in [0.3, 0.4) is 0 Å². The number of carbonyl (C=O) groups excluding carboxylic acids is 2. The minimum absolute atomic E-state index is 0.0605. The first-order valence-electron chi connectivity index (χ1n) is 5.50. The fourth-order valence-corrected chi connectivity index (χ4v) is 1.78. The molecule has 1 aliphatic heterocycles. The Morgan fingerprint density at radius 2 is 1.79 bits per heavy atom. The molecule has 96 valence electrons. The molecule has 0 spiro atoms. The molecule has 2 amide bonds. The van der Waals surface area contributed by atoms with Crippen molar-refractivity contribution in [3.8, 4) is 0 Å². The minimum atomic E-state index is -0.476. The van der Waals surface area contributed by atoms with Crippen molar-refractivity contribution in [2.75, 3.05) is 0 Å². The Morgan fingerprint density at radius 1 is 1.16 bits per heavy atom. The molecule has 1 aliphatic rings. The number of hydrogen-bond donors (Lipinski definition) is 0. The van der Waals surface area contributed by atoms with E-state index in [1.165, 1.54) is 4.68 Å². The number of aryl methyl sites for hydroxylation is 1. The summed E-state index contributed by atoms with van der Waals surface area (Å²) >= 11 is 0. The highest BCUT2D eigenvalue weighted by atomic mass is 16.7. The van der Waals surface area contributed by atoms with Crippen molar-refractivity contribution >= 4 is 11.8 Å². The van der Waals surface area contributed by atoms with Crippen LogP contribution in [0.4, 0.5) is 0 Å². The first-order valence-corrected chi connectivity index (χ1v) is 5.50. The summed E-state index contributed by atoms with van der Waals surface area (Å²) < 4.78 is 1.40. The van der Waals surface area contributed by atoms with Crippen molar-refractivity contribution in [2.24, 2.45) is 7.05 Å². The third kappa shape index (κ3) is 1.78. The Morgan fingerprint density at radius 3 is 2.32 bits per heavy atom. The van der Waals surface area contributed by atoms with Gasteiger partial charge in [0.1, 0.15) is 6.61 Å². The van der Waals surface area contributed by atoms with E-state index in [0.29, 0.717) is 17.0 Å². The second-order valence-corrected chi connectivity index (χ2v) is 3.94. The molecular formula is C11H9N5O3.